The normalized spacial score (nSPS) is 30.9. The van der Waals surface area contributed by atoms with Crippen LogP contribution in [0.3, 0.4) is 0 Å². The lowest BCUT2D eigenvalue weighted by molar-refractivity contribution is -0.168. The van der Waals surface area contributed by atoms with Crippen LogP contribution in [-0.4, -0.2) is 21.8 Å². The molecule has 1 fully saturated rings. The third kappa shape index (κ3) is 2.71. The fraction of sp³-hybridized carbons (Fsp3) is 0.917. The number of hydrogen-bond donors (Lipinski definition) is 2. The van der Waals surface area contributed by atoms with Crippen molar-refractivity contribution in [3.05, 3.63) is 0 Å². The van der Waals surface area contributed by atoms with Gasteiger partial charge in [-0.2, -0.15) is 0 Å². The number of carboxylic acid groups (broad SMARTS) is 1. The van der Waals surface area contributed by atoms with E-state index in [9.17, 15) is 9.90 Å². The maximum absolute atomic E-state index is 11.2. The van der Waals surface area contributed by atoms with E-state index in [4.69, 9.17) is 5.11 Å². The van der Waals surface area contributed by atoms with Crippen molar-refractivity contribution < 1.29 is 15.0 Å². The molecule has 0 saturated heterocycles. The summed E-state index contributed by atoms with van der Waals surface area (Å²) in [6.45, 7) is 4.06. The van der Waals surface area contributed by atoms with Crippen molar-refractivity contribution in [3.63, 3.8) is 0 Å². The molecule has 0 heterocycles. The summed E-state index contributed by atoms with van der Waals surface area (Å²) in [7, 11) is 0. The summed E-state index contributed by atoms with van der Waals surface area (Å²) in [6, 6.07) is 0. The number of aliphatic hydroxyl groups is 1. The Bertz CT molecular complexity index is 227. The highest BCUT2D eigenvalue weighted by Gasteiger charge is 2.44. The summed E-state index contributed by atoms with van der Waals surface area (Å²) >= 11 is 0. The number of carbonyl (C=O) groups is 1. The number of aliphatic carboxylic acids is 1. The van der Waals surface area contributed by atoms with E-state index in [1.807, 2.05) is 6.92 Å². The largest absolute Gasteiger partial charge is 0.479 e. The summed E-state index contributed by atoms with van der Waals surface area (Å²) in [4.78, 5) is 11.2. The lowest BCUT2D eigenvalue weighted by atomic mass is 9.71. The second-order valence-electron chi connectivity index (χ2n) is 4.95. The quantitative estimate of drug-likeness (QED) is 0.755. The second-order valence-corrected chi connectivity index (χ2v) is 4.95. The molecule has 0 amide bonds. The van der Waals surface area contributed by atoms with Crippen LogP contribution in [-0.2, 0) is 4.79 Å². The minimum atomic E-state index is -1.48. The van der Waals surface area contributed by atoms with Gasteiger partial charge in [-0.05, 0) is 31.1 Å². The zero-order valence-corrected chi connectivity index (χ0v) is 9.70. The molecule has 3 heteroatoms. The van der Waals surface area contributed by atoms with Crippen LogP contribution in [0.4, 0.5) is 0 Å². The zero-order valence-electron chi connectivity index (χ0n) is 9.70. The molecule has 1 aliphatic rings. The van der Waals surface area contributed by atoms with E-state index in [-0.39, 0.29) is 5.92 Å². The van der Waals surface area contributed by atoms with E-state index in [0.717, 1.165) is 19.3 Å². The fourth-order valence-corrected chi connectivity index (χ4v) is 2.73. The van der Waals surface area contributed by atoms with Gasteiger partial charge in [0.2, 0.25) is 0 Å². The van der Waals surface area contributed by atoms with Crippen LogP contribution in [0.1, 0.15) is 52.4 Å². The highest BCUT2D eigenvalue weighted by molar-refractivity contribution is 5.77. The van der Waals surface area contributed by atoms with Crippen molar-refractivity contribution in [2.75, 3.05) is 0 Å². The van der Waals surface area contributed by atoms with E-state index < -0.39 is 11.6 Å². The maximum Gasteiger partial charge on any atom is 0.335 e. The Balaban J connectivity index is 2.74. The Morgan fingerprint density at radius 2 is 2.13 bits per heavy atom. The second kappa shape index (κ2) is 4.97. The van der Waals surface area contributed by atoms with Crippen LogP contribution in [0.15, 0.2) is 0 Å². The average molecular weight is 214 g/mol. The monoisotopic (exact) mass is 214 g/mol. The van der Waals surface area contributed by atoms with Gasteiger partial charge in [0.05, 0.1) is 0 Å². The summed E-state index contributed by atoms with van der Waals surface area (Å²) in [5, 5.41) is 19.4. The van der Waals surface area contributed by atoms with Crippen LogP contribution in [0, 0.1) is 11.8 Å². The Kier molecular flexibility index (Phi) is 4.14. The first-order chi connectivity index (χ1) is 7.00. The van der Waals surface area contributed by atoms with Gasteiger partial charge < -0.3 is 10.2 Å². The van der Waals surface area contributed by atoms with Gasteiger partial charge in [-0.3, -0.25) is 0 Å². The van der Waals surface area contributed by atoms with Gasteiger partial charge in [-0.1, -0.05) is 33.1 Å². The fourth-order valence-electron chi connectivity index (χ4n) is 2.73. The average Bonchev–Trinajstić information content (AvgIpc) is 2.17. The molecule has 0 aromatic carbocycles. The minimum absolute atomic E-state index is 0.0568. The third-order valence-corrected chi connectivity index (χ3v) is 3.61. The molecule has 0 aromatic rings. The van der Waals surface area contributed by atoms with E-state index in [1.54, 1.807) is 0 Å². The molecule has 15 heavy (non-hydrogen) atoms. The van der Waals surface area contributed by atoms with Crippen molar-refractivity contribution in [2.45, 2.75) is 58.0 Å². The molecule has 0 aromatic heterocycles. The first kappa shape index (κ1) is 12.5. The highest BCUT2D eigenvalue weighted by Crippen LogP contribution is 2.38. The Morgan fingerprint density at radius 3 is 2.60 bits per heavy atom. The first-order valence-corrected chi connectivity index (χ1v) is 5.96. The molecule has 88 valence electrons. The third-order valence-electron chi connectivity index (χ3n) is 3.61. The maximum atomic E-state index is 11.2. The first-order valence-electron chi connectivity index (χ1n) is 5.96. The van der Waals surface area contributed by atoms with E-state index >= 15 is 0 Å². The Morgan fingerprint density at radius 1 is 1.47 bits per heavy atom. The molecule has 0 spiro atoms. The van der Waals surface area contributed by atoms with Gasteiger partial charge in [-0.15, -0.1) is 0 Å². The predicted molar refractivity (Wildman–Crippen MR) is 58.6 cm³/mol. The zero-order chi connectivity index (χ0) is 11.5. The lowest BCUT2D eigenvalue weighted by Crippen LogP contribution is -2.47. The van der Waals surface area contributed by atoms with Crippen LogP contribution in [0.25, 0.3) is 0 Å². The number of hydrogen-bond acceptors (Lipinski definition) is 2. The Labute approximate surface area is 91.5 Å². The van der Waals surface area contributed by atoms with Crippen molar-refractivity contribution in [3.8, 4) is 0 Å². The molecular weight excluding hydrogens is 192 g/mol. The van der Waals surface area contributed by atoms with Gasteiger partial charge in [-0.25, -0.2) is 4.79 Å². The molecular formula is C12H22O3. The molecule has 1 saturated carbocycles. The van der Waals surface area contributed by atoms with E-state index in [0.29, 0.717) is 18.8 Å². The van der Waals surface area contributed by atoms with Gasteiger partial charge in [0.1, 0.15) is 0 Å². The molecule has 1 aliphatic carbocycles. The summed E-state index contributed by atoms with van der Waals surface area (Å²) < 4.78 is 0. The Hall–Kier alpha value is -0.570. The lowest BCUT2D eigenvalue weighted by Gasteiger charge is -2.37. The molecule has 3 nitrogen and oxygen atoms in total. The summed E-state index contributed by atoms with van der Waals surface area (Å²) in [5.74, 6) is -0.548. The van der Waals surface area contributed by atoms with Crippen LogP contribution >= 0.6 is 0 Å². The highest BCUT2D eigenvalue weighted by atomic mass is 16.4. The summed E-state index contributed by atoms with van der Waals surface area (Å²) in [6.07, 6.45) is 5.01. The van der Waals surface area contributed by atoms with E-state index in [2.05, 4.69) is 6.92 Å². The van der Waals surface area contributed by atoms with Crippen molar-refractivity contribution in [1.29, 1.82) is 0 Å². The minimum Gasteiger partial charge on any atom is -0.479 e. The van der Waals surface area contributed by atoms with Crippen molar-refractivity contribution in [2.24, 2.45) is 11.8 Å². The van der Waals surface area contributed by atoms with Crippen molar-refractivity contribution >= 4 is 5.97 Å². The standard InChI is InChI=1S/C12H22O3/c1-3-7-12(15,11(13)14)10-6-4-5-9(2)8-10/h9-10,15H,3-8H2,1-2H3,(H,13,14). The molecule has 3 atom stereocenters. The van der Waals surface area contributed by atoms with Crippen molar-refractivity contribution in [1.82, 2.24) is 0 Å². The SMILES string of the molecule is CCCC(O)(C(=O)O)C1CCCC(C)C1. The molecule has 2 N–H and O–H groups in total. The van der Waals surface area contributed by atoms with Crippen LogP contribution < -0.4 is 0 Å². The number of rotatable bonds is 4. The number of carboxylic acids is 1. The van der Waals surface area contributed by atoms with Crippen LogP contribution in [0.2, 0.25) is 0 Å². The topological polar surface area (TPSA) is 57.5 Å². The predicted octanol–water partition coefficient (Wildman–Crippen LogP) is 2.43. The smallest absolute Gasteiger partial charge is 0.335 e. The molecule has 3 unspecified atom stereocenters. The molecule has 0 bridgehead atoms. The molecule has 0 radical (unpaired) electrons. The summed E-state index contributed by atoms with van der Waals surface area (Å²) in [5.41, 5.74) is -1.48. The van der Waals surface area contributed by atoms with Gasteiger partial charge >= 0.3 is 5.97 Å². The van der Waals surface area contributed by atoms with Crippen LogP contribution in [0.5, 0.6) is 0 Å². The van der Waals surface area contributed by atoms with E-state index in [1.165, 1.54) is 6.42 Å². The molecule has 0 aliphatic heterocycles. The van der Waals surface area contributed by atoms with Gasteiger partial charge in [0.25, 0.3) is 0 Å². The van der Waals surface area contributed by atoms with Gasteiger partial charge in [0.15, 0.2) is 5.60 Å². The molecule has 1 rings (SSSR count). The van der Waals surface area contributed by atoms with Gasteiger partial charge in [0, 0.05) is 0 Å².